The van der Waals surface area contributed by atoms with Crippen LogP contribution in [0.5, 0.6) is 5.75 Å². The number of rotatable bonds is 1. The summed E-state index contributed by atoms with van der Waals surface area (Å²) in [6.45, 7) is 0. The first-order valence-corrected chi connectivity index (χ1v) is 8.10. The second kappa shape index (κ2) is 5.66. The molecule has 0 saturated carbocycles. The maximum Gasteiger partial charge on any atom is 0.125 e. The van der Waals surface area contributed by atoms with E-state index in [1.54, 1.807) is 0 Å². The van der Waals surface area contributed by atoms with Gasteiger partial charge in [0.05, 0.1) is 0 Å². The van der Waals surface area contributed by atoms with Crippen molar-refractivity contribution in [1.82, 2.24) is 0 Å². The third kappa shape index (κ3) is 2.57. The number of benzene rings is 3. The second-order valence-electron chi connectivity index (χ2n) is 5.86. The van der Waals surface area contributed by atoms with Gasteiger partial charge in [0.15, 0.2) is 0 Å². The summed E-state index contributed by atoms with van der Waals surface area (Å²) in [6, 6.07) is 23.2. The van der Waals surface area contributed by atoms with Crippen molar-refractivity contribution >= 4 is 22.4 Å². The van der Waals surface area contributed by atoms with Crippen molar-refractivity contribution in [3.05, 3.63) is 77.9 Å². The summed E-state index contributed by atoms with van der Waals surface area (Å²) in [5.74, 6) is 0.962. The molecule has 110 valence electrons. The van der Waals surface area contributed by atoms with Crippen LogP contribution in [-0.2, 0) is 6.42 Å². The van der Waals surface area contributed by atoms with E-state index in [2.05, 4.69) is 48.5 Å². The van der Waals surface area contributed by atoms with Gasteiger partial charge < -0.3 is 4.74 Å². The zero-order chi connectivity index (χ0) is 14.9. The van der Waals surface area contributed by atoms with E-state index in [0.717, 1.165) is 18.6 Å². The van der Waals surface area contributed by atoms with Gasteiger partial charge in [0.25, 0.3) is 0 Å². The van der Waals surface area contributed by atoms with Crippen molar-refractivity contribution in [1.29, 1.82) is 0 Å². The highest BCUT2D eigenvalue weighted by molar-refractivity contribution is 6.20. The first kappa shape index (κ1) is 13.7. The minimum atomic E-state index is 0.00996. The highest BCUT2D eigenvalue weighted by Crippen LogP contribution is 2.36. The number of fused-ring (bicyclic) bond motifs is 2. The predicted octanol–water partition coefficient (Wildman–Crippen LogP) is 5.51. The lowest BCUT2D eigenvalue weighted by Gasteiger charge is -2.19. The maximum atomic E-state index is 6.53. The molecule has 0 amide bonds. The molecule has 0 saturated heterocycles. The lowest BCUT2D eigenvalue weighted by Crippen LogP contribution is -2.11. The molecule has 1 heterocycles. The highest BCUT2D eigenvalue weighted by atomic mass is 35.5. The van der Waals surface area contributed by atoms with Gasteiger partial charge in [0.2, 0.25) is 0 Å². The molecule has 3 aromatic rings. The van der Waals surface area contributed by atoms with Gasteiger partial charge in [0, 0.05) is 11.8 Å². The van der Waals surface area contributed by atoms with Crippen LogP contribution in [-0.4, -0.2) is 5.38 Å². The van der Waals surface area contributed by atoms with E-state index < -0.39 is 0 Å². The number of alkyl halides is 1. The first-order valence-electron chi connectivity index (χ1n) is 7.67. The molecule has 1 aliphatic rings. The van der Waals surface area contributed by atoms with E-state index in [9.17, 15) is 0 Å². The van der Waals surface area contributed by atoms with Crippen LogP contribution in [0, 0.1) is 0 Å². The fourth-order valence-electron chi connectivity index (χ4n) is 3.16. The third-order valence-electron chi connectivity index (χ3n) is 4.30. The third-order valence-corrected chi connectivity index (χ3v) is 4.63. The fourth-order valence-corrected chi connectivity index (χ4v) is 3.48. The SMILES string of the molecule is Cl[C@@H]1Cc2ccccc2O[C@@H](c2ccc3ccccc3c2)C1. The Bertz CT molecular complexity index is 811. The molecule has 1 nitrogen and oxygen atoms in total. The van der Waals surface area contributed by atoms with Gasteiger partial charge in [-0.25, -0.2) is 0 Å². The molecule has 0 spiro atoms. The minimum absolute atomic E-state index is 0.00996. The number of para-hydroxylation sites is 1. The van der Waals surface area contributed by atoms with Crippen LogP contribution < -0.4 is 4.74 Å². The molecule has 3 aromatic carbocycles. The Morgan fingerprint density at radius 2 is 1.64 bits per heavy atom. The number of hydrogen-bond donors (Lipinski definition) is 0. The molecule has 0 bridgehead atoms. The summed E-state index contributed by atoms with van der Waals surface area (Å²) in [6.07, 6.45) is 1.70. The molecule has 2 atom stereocenters. The fraction of sp³-hybridized carbons (Fsp3) is 0.200. The van der Waals surface area contributed by atoms with Crippen molar-refractivity contribution in [3.63, 3.8) is 0 Å². The van der Waals surface area contributed by atoms with E-state index in [1.165, 1.54) is 21.9 Å². The van der Waals surface area contributed by atoms with Crippen LogP contribution in [0.25, 0.3) is 10.8 Å². The van der Waals surface area contributed by atoms with Crippen molar-refractivity contribution in [2.24, 2.45) is 0 Å². The summed E-state index contributed by atoms with van der Waals surface area (Å²) in [5, 5.41) is 2.59. The summed E-state index contributed by atoms with van der Waals surface area (Å²) in [5.41, 5.74) is 2.40. The number of halogens is 1. The molecular formula is C20H17ClO. The number of hydrogen-bond acceptors (Lipinski definition) is 1. The van der Waals surface area contributed by atoms with Crippen LogP contribution in [0.1, 0.15) is 23.7 Å². The number of ether oxygens (including phenoxy) is 1. The van der Waals surface area contributed by atoms with E-state index in [4.69, 9.17) is 16.3 Å². The monoisotopic (exact) mass is 308 g/mol. The quantitative estimate of drug-likeness (QED) is 0.538. The first-order chi connectivity index (χ1) is 10.8. The summed E-state index contributed by atoms with van der Waals surface area (Å²) in [7, 11) is 0. The molecule has 0 unspecified atom stereocenters. The van der Waals surface area contributed by atoms with Crippen molar-refractivity contribution in [2.45, 2.75) is 24.3 Å². The predicted molar refractivity (Wildman–Crippen MR) is 91.7 cm³/mol. The van der Waals surface area contributed by atoms with Crippen molar-refractivity contribution in [3.8, 4) is 5.75 Å². The average molecular weight is 309 g/mol. The van der Waals surface area contributed by atoms with Gasteiger partial charge in [-0.1, -0.05) is 54.6 Å². The normalized spacial score (nSPS) is 21.0. The zero-order valence-corrected chi connectivity index (χ0v) is 13.0. The largest absolute Gasteiger partial charge is 0.485 e. The van der Waals surface area contributed by atoms with E-state index >= 15 is 0 Å². The van der Waals surface area contributed by atoms with Crippen LogP contribution in [0.15, 0.2) is 66.7 Å². The van der Waals surface area contributed by atoms with Crippen molar-refractivity contribution < 1.29 is 4.74 Å². The molecule has 2 heteroatoms. The Hall–Kier alpha value is -1.99. The van der Waals surface area contributed by atoms with Crippen molar-refractivity contribution in [2.75, 3.05) is 0 Å². The summed E-state index contributed by atoms with van der Waals surface area (Å²) in [4.78, 5) is 0. The van der Waals surface area contributed by atoms with E-state index in [1.807, 2.05) is 18.2 Å². The van der Waals surface area contributed by atoms with Crippen LogP contribution >= 0.6 is 11.6 Å². The molecule has 22 heavy (non-hydrogen) atoms. The van der Waals surface area contributed by atoms with Gasteiger partial charge in [-0.15, -0.1) is 11.6 Å². The maximum absolute atomic E-state index is 6.53. The van der Waals surface area contributed by atoms with Crippen LogP contribution in [0.3, 0.4) is 0 Å². The van der Waals surface area contributed by atoms with Crippen LogP contribution in [0.2, 0.25) is 0 Å². The van der Waals surface area contributed by atoms with Crippen LogP contribution in [0.4, 0.5) is 0 Å². The van der Waals surface area contributed by atoms with Gasteiger partial charge in [-0.05, 0) is 40.5 Å². The molecule has 0 N–H and O–H groups in total. The molecular weight excluding hydrogens is 292 g/mol. The zero-order valence-electron chi connectivity index (χ0n) is 12.2. The average Bonchev–Trinajstić information content (AvgIpc) is 2.72. The molecule has 1 aliphatic heterocycles. The lowest BCUT2D eigenvalue weighted by molar-refractivity contribution is 0.201. The molecule has 0 aromatic heterocycles. The topological polar surface area (TPSA) is 9.23 Å². The second-order valence-corrected chi connectivity index (χ2v) is 6.48. The molecule has 4 rings (SSSR count). The highest BCUT2D eigenvalue weighted by Gasteiger charge is 2.24. The Kier molecular flexibility index (Phi) is 3.51. The van der Waals surface area contributed by atoms with Gasteiger partial charge in [-0.3, -0.25) is 0 Å². The lowest BCUT2D eigenvalue weighted by atomic mass is 9.99. The Balaban J connectivity index is 1.74. The Morgan fingerprint density at radius 1 is 0.864 bits per heavy atom. The molecule has 0 fully saturated rings. The Labute approximate surface area is 135 Å². The van der Waals surface area contributed by atoms with Gasteiger partial charge in [0.1, 0.15) is 11.9 Å². The minimum Gasteiger partial charge on any atom is -0.485 e. The molecule has 0 radical (unpaired) electrons. The Morgan fingerprint density at radius 3 is 2.55 bits per heavy atom. The van der Waals surface area contributed by atoms with Gasteiger partial charge in [-0.2, -0.15) is 0 Å². The standard InChI is InChI=1S/C20H17ClO/c21-18-12-16-7-3-4-8-19(16)22-20(13-18)17-10-9-14-5-1-2-6-15(14)11-17/h1-11,18,20H,12-13H2/t18-,20-/m1/s1. The van der Waals surface area contributed by atoms with E-state index in [0.29, 0.717) is 0 Å². The summed E-state index contributed by atoms with van der Waals surface area (Å²) < 4.78 is 6.28. The smallest absolute Gasteiger partial charge is 0.125 e. The molecule has 0 aliphatic carbocycles. The van der Waals surface area contributed by atoms with E-state index in [-0.39, 0.29) is 11.5 Å². The summed E-state index contributed by atoms with van der Waals surface area (Å²) >= 11 is 6.53. The van der Waals surface area contributed by atoms with Gasteiger partial charge >= 0.3 is 0 Å².